The predicted octanol–water partition coefficient (Wildman–Crippen LogP) is 27.6. The summed E-state index contributed by atoms with van der Waals surface area (Å²) in [5, 5.41) is 6.18. The maximum atomic E-state index is 6.56. The molecule has 10 nitrogen and oxygen atoms in total. The van der Waals surface area contributed by atoms with E-state index in [1.165, 1.54) is 100 Å². The van der Waals surface area contributed by atoms with Crippen LogP contribution < -0.4 is 28.4 Å². The van der Waals surface area contributed by atoms with Gasteiger partial charge in [-0.1, -0.05) is 245 Å². The molecule has 20 heteroatoms. The highest BCUT2D eigenvalue weighted by molar-refractivity contribution is 9.10. The number of halogens is 6. The summed E-state index contributed by atoms with van der Waals surface area (Å²) >= 11 is 27.4. The van der Waals surface area contributed by atoms with E-state index in [0.717, 1.165) is 230 Å². The molecule has 0 unspecified atom stereocenters. The first-order chi connectivity index (χ1) is 48.4. The van der Waals surface area contributed by atoms with Crippen molar-refractivity contribution in [3.8, 4) is 76.3 Å². The molecule has 98 heavy (non-hydrogen) atoms. The zero-order valence-electron chi connectivity index (χ0n) is 56.1. The fourth-order valence-electron chi connectivity index (χ4n) is 11.4. The van der Waals surface area contributed by atoms with Crippen LogP contribution >= 0.6 is 130 Å². The van der Waals surface area contributed by atoms with Gasteiger partial charge in [0.15, 0.2) is 23.0 Å². The van der Waals surface area contributed by atoms with Crippen molar-refractivity contribution in [1.29, 1.82) is 0 Å². The van der Waals surface area contributed by atoms with Crippen LogP contribution in [-0.4, -0.2) is 80.4 Å². The molecule has 3 aromatic heterocycles. The lowest BCUT2D eigenvalue weighted by Crippen LogP contribution is -2.07. The maximum absolute atomic E-state index is 6.56. The van der Waals surface area contributed by atoms with Gasteiger partial charge >= 0.3 is 0 Å². The second kappa shape index (κ2) is 45.4. The summed E-state index contributed by atoms with van der Waals surface area (Å²) in [6, 6.07) is 34.8. The largest absolute Gasteiger partial charge is 0.490 e. The van der Waals surface area contributed by atoms with E-state index in [2.05, 4.69) is 217 Å². The summed E-state index contributed by atoms with van der Waals surface area (Å²) in [7, 11) is 0. The molecule has 4 heterocycles. The number of hydrogen-bond acceptors (Lipinski definition) is 13. The molecule has 0 spiro atoms. The third kappa shape index (κ3) is 24.8. The zero-order chi connectivity index (χ0) is 68.2. The quantitative estimate of drug-likeness (QED) is 0.0211. The van der Waals surface area contributed by atoms with Gasteiger partial charge in [-0.25, -0.2) is 0 Å². The van der Waals surface area contributed by atoms with Crippen molar-refractivity contribution in [3.05, 3.63) is 119 Å². The molecule has 0 aliphatic carbocycles. The molecular weight excluding hydrogens is 1700 g/mol. The van der Waals surface area contributed by atoms with Gasteiger partial charge < -0.3 is 28.4 Å². The number of alkyl halides is 6. The van der Waals surface area contributed by atoms with Crippen molar-refractivity contribution in [2.75, 3.05) is 71.6 Å². The van der Waals surface area contributed by atoms with E-state index in [4.69, 9.17) is 45.9 Å². The van der Waals surface area contributed by atoms with Gasteiger partial charge in [-0.3, -0.25) is 0 Å². The smallest absolute Gasteiger partial charge is 0.203 e. The van der Waals surface area contributed by atoms with Crippen LogP contribution in [0.25, 0.3) is 77.1 Å². The van der Waals surface area contributed by atoms with Gasteiger partial charge in [-0.15, -0.1) is 22.7 Å². The molecule has 0 radical (unpaired) electrons. The Morgan fingerprint density at radius 1 is 0.296 bits per heavy atom. The van der Waals surface area contributed by atoms with E-state index in [9.17, 15) is 0 Å². The highest BCUT2D eigenvalue weighted by Crippen LogP contribution is 2.55. The Bertz CT molecular complexity index is 3480. The SMILES string of the molecule is BrCCCCCCOc1cc(/C=C/c2ccc(-c3ccc(-c4c5c(c(-c6ccc(-c7ccc(/C=C/c8cc(OCCCCCCBr)c(OCCCCCCBr)c(OCCCCCCBr)c8)cc7)s6)c6nsnc46)N=S=N5)s3)cc2)cc(OCCCCCCBr)c1OCCCCCCBr. The standard InChI is InChI=1S/C78H92Br6N4O6S4/c79-41-13-1-7-19-47-89-63-53-59(54-64(90-48-20-8-2-14-42-80)77(63)93-51-23-11-5-17-45-83)27-25-57-29-33-61(34-30-57)67-37-39-69(95-67)71-73-75(87-97-85-73)72(76-74(71)86-98-88-76)70-40-38-68(96-70)62-35-31-58(32-36-62)26-28-60-55-65(91-49-21-9-3-15-43-81)78(94-52-24-12-6-18-46-84)66(56-60)92-50-22-10-4-16-44-82/h25-40,53-56H,1-24,41-52H2/b27-25+,28-26+. The summed E-state index contributed by atoms with van der Waals surface area (Å²) in [6.45, 7) is 3.77. The maximum Gasteiger partial charge on any atom is 0.203 e. The summed E-state index contributed by atoms with van der Waals surface area (Å²) in [6.07, 6.45) is 35.4. The first-order valence-electron chi connectivity index (χ1n) is 35.1. The number of unbranched alkanes of at least 4 members (excludes halogenated alkanes) is 18. The van der Waals surface area contributed by atoms with E-state index in [-0.39, 0.29) is 0 Å². The van der Waals surface area contributed by atoms with E-state index in [1.54, 1.807) is 22.7 Å². The molecule has 0 fully saturated rings. The van der Waals surface area contributed by atoms with Crippen molar-refractivity contribution >= 4 is 188 Å². The summed E-state index contributed by atoms with van der Waals surface area (Å²) in [4.78, 5) is 4.47. The van der Waals surface area contributed by atoms with E-state index < -0.39 is 0 Å². The van der Waals surface area contributed by atoms with Gasteiger partial charge in [0.1, 0.15) is 22.4 Å². The van der Waals surface area contributed by atoms with Crippen LogP contribution in [0.15, 0.2) is 106 Å². The third-order valence-corrected chi connectivity index (χ3v) is 23.5. The molecule has 0 atom stereocenters. The Kier molecular flexibility index (Phi) is 36.3. The first-order valence-corrected chi connectivity index (χ1v) is 44.9. The van der Waals surface area contributed by atoms with Crippen molar-refractivity contribution in [3.63, 3.8) is 0 Å². The molecule has 1 aliphatic rings. The Morgan fingerprint density at radius 3 is 0.878 bits per heavy atom. The molecule has 0 bridgehead atoms. The van der Waals surface area contributed by atoms with E-state index in [1.807, 2.05) is 0 Å². The van der Waals surface area contributed by atoms with Crippen molar-refractivity contribution < 1.29 is 28.4 Å². The highest BCUT2D eigenvalue weighted by Gasteiger charge is 2.28. The summed E-state index contributed by atoms with van der Waals surface area (Å²) in [5.74, 6) is 4.43. The number of nitrogens with zero attached hydrogens (tertiary/aromatic N) is 4. The Morgan fingerprint density at radius 2 is 0.571 bits per heavy atom. The van der Waals surface area contributed by atoms with Crippen LogP contribution in [0.5, 0.6) is 34.5 Å². The van der Waals surface area contributed by atoms with Gasteiger partial charge in [0.25, 0.3) is 0 Å². The lowest BCUT2D eigenvalue weighted by Gasteiger charge is -2.18. The Hall–Kier alpha value is -3.70. The summed E-state index contributed by atoms with van der Waals surface area (Å²) in [5.41, 5.74) is 11.8. The molecule has 8 aromatic rings. The van der Waals surface area contributed by atoms with Crippen LogP contribution in [0.2, 0.25) is 0 Å². The topological polar surface area (TPSA) is 106 Å². The number of hydrogen-bond donors (Lipinski definition) is 0. The van der Waals surface area contributed by atoms with Crippen molar-refractivity contribution in [2.24, 2.45) is 8.73 Å². The summed E-state index contributed by atoms with van der Waals surface area (Å²) < 4.78 is 59.2. The van der Waals surface area contributed by atoms with Crippen molar-refractivity contribution in [2.45, 2.75) is 154 Å². The minimum atomic E-state index is 0.624. The molecule has 0 saturated carbocycles. The lowest BCUT2D eigenvalue weighted by atomic mass is 10.0. The third-order valence-electron chi connectivity index (χ3n) is 16.7. The Balaban J connectivity index is 0.898. The van der Waals surface area contributed by atoms with Gasteiger partial charge in [0.05, 0.1) is 62.7 Å². The average Bonchev–Trinajstić information content (AvgIpc) is 1.56. The van der Waals surface area contributed by atoms with Gasteiger partial charge in [0, 0.05) is 62.6 Å². The molecule has 0 amide bonds. The van der Waals surface area contributed by atoms with Crippen LogP contribution in [0.4, 0.5) is 11.4 Å². The molecular formula is C78H92Br6N4O6S4. The molecule has 9 rings (SSSR count). The molecule has 5 aromatic carbocycles. The van der Waals surface area contributed by atoms with Crippen LogP contribution in [0.3, 0.4) is 0 Å². The molecule has 0 N–H and O–H groups in total. The second-order valence-corrected chi connectivity index (χ2v) is 32.3. The Labute approximate surface area is 648 Å². The minimum Gasteiger partial charge on any atom is -0.490 e. The molecule has 526 valence electrons. The number of ether oxygens (including phenoxy) is 6. The number of fused-ring (bicyclic) bond motifs is 2. The van der Waals surface area contributed by atoms with Gasteiger partial charge in [0.2, 0.25) is 11.5 Å². The molecule has 1 aliphatic heterocycles. The second-order valence-electron chi connectivity index (χ2n) is 24.3. The first kappa shape index (κ1) is 78.4. The van der Waals surface area contributed by atoms with Crippen molar-refractivity contribution in [1.82, 2.24) is 8.75 Å². The number of benzene rings is 5. The fourth-order valence-corrected chi connectivity index (χ4v) is 17.0. The van der Waals surface area contributed by atoms with Crippen LogP contribution in [0.1, 0.15) is 176 Å². The zero-order valence-corrected chi connectivity index (χ0v) is 68.9. The molecule has 0 saturated heterocycles. The van der Waals surface area contributed by atoms with E-state index in [0.29, 0.717) is 39.6 Å². The normalized spacial score (nSPS) is 12.0. The fraction of sp³-hybridized carbons (Fsp3) is 0.462. The lowest BCUT2D eigenvalue weighted by molar-refractivity contribution is 0.234. The number of aromatic nitrogens is 2. The minimum absolute atomic E-state index is 0.624. The predicted molar refractivity (Wildman–Crippen MR) is 444 cm³/mol. The monoisotopic (exact) mass is 1780 g/mol. The number of rotatable bonds is 50. The van der Waals surface area contributed by atoms with Crippen LogP contribution in [-0.2, 0) is 11.4 Å². The van der Waals surface area contributed by atoms with Gasteiger partial charge in [-0.05, 0) is 159 Å². The van der Waals surface area contributed by atoms with Crippen LogP contribution in [0, 0.1) is 0 Å². The van der Waals surface area contributed by atoms with Gasteiger partial charge in [-0.2, -0.15) is 17.5 Å². The number of thiophene rings is 2. The highest BCUT2D eigenvalue weighted by atomic mass is 79.9. The van der Waals surface area contributed by atoms with E-state index >= 15 is 0 Å². The average molecular weight is 1790 g/mol.